The summed E-state index contributed by atoms with van der Waals surface area (Å²) in [6.45, 7) is 3.58. The molecule has 86 valence electrons. The molecule has 0 heterocycles. The molecular formula is C12H15NO3. The number of methoxy groups -OCH3 is 2. The Morgan fingerprint density at radius 3 is 1.94 bits per heavy atom. The second-order valence-corrected chi connectivity index (χ2v) is 3.97. The molecule has 0 saturated carbocycles. The molecule has 4 heteroatoms. The molecule has 1 N–H and O–H groups in total. The summed E-state index contributed by atoms with van der Waals surface area (Å²) in [5.74, 6) is 0.554. The van der Waals surface area contributed by atoms with Crippen molar-refractivity contribution in [1.29, 1.82) is 5.26 Å². The molecule has 1 aromatic carbocycles. The lowest BCUT2D eigenvalue weighted by Gasteiger charge is -2.18. The topological polar surface area (TPSA) is 62.5 Å². The van der Waals surface area contributed by atoms with Gasteiger partial charge in [-0.1, -0.05) is 0 Å². The van der Waals surface area contributed by atoms with Gasteiger partial charge in [0.15, 0.2) is 11.5 Å². The van der Waals surface area contributed by atoms with Crippen LogP contribution in [0.4, 0.5) is 0 Å². The summed E-state index contributed by atoms with van der Waals surface area (Å²) < 4.78 is 10.1. The number of phenolic OH excluding ortho intramolecular Hbond substituents is 1. The lowest BCUT2D eigenvalue weighted by molar-refractivity contribution is 0.338. The average Bonchev–Trinajstić information content (AvgIpc) is 2.29. The summed E-state index contributed by atoms with van der Waals surface area (Å²) in [4.78, 5) is 0. The van der Waals surface area contributed by atoms with Gasteiger partial charge in [0, 0.05) is 0 Å². The third-order valence-electron chi connectivity index (χ3n) is 2.48. The van der Waals surface area contributed by atoms with Crippen molar-refractivity contribution in [2.75, 3.05) is 14.2 Å². The van der Waals surface area contributed by atoms with E-state index in [0.717, 1.165) is 5.56 Å². The summed E-state index contributed by atoms with van der Waals surface area (Å²) in [5, 5.41) is 18.8. The van der Waals surface area contributed by atoms with E-state index in [2.05, 4.69) is 6.07 Å². The van der Waals surface area contributed by atoms with Crippen molar-refractivity contribution in [1.82, 2.24) is 0 Å². The van der Waals surface area contributed by atoms with E-state index in [0.29, 0.717) is 11.5 Å². The van der Waals surface area contributed by atoms with Crippen LogP contribution in [0.2, 0.25) is 0 Å². The van der Waals surface area contributed by atoms with Crippen LogP contribution >= 0.6 is 0 Å². The lowest BCUT2D eigenvalue weighted by atomic mass is 9.86. The fraction of sp³-hybridized carbons (Fsp3) is 0.417. The van der Waals surface area contributed by atoms with Gasteiger partial charge in [-0.15, -0.1) is 0 Å². The predicted molar refractivity (Wildman–Crippen MR) is 59.8 cm³/mol. The standard InChI is InChI=1S/C12H15NO3/c1-12(2,7-13)8-5-9(15-3)11(14)10(6-8)16-4/h5-6,14H,1-4H3. The Bertz CT molecular complexity index is 407. The number of aromatic hydroxyl groups is 1. The highest BCUT2D eigenvalue weighted by atomic mass is 16.5. The van der Waals surface area contributed by atoms with Gasteiger partial charge in [0.2, 0.25) is 5.75 Å². The molecule has 0 aromatic heterocycles. The van der Waals surface area contributed by atoms with E-state index < -0.39 is 5.41 Å². The quantitative estimate of drug-likeness (QED) is 0.850. The van der Waals surface area contributed by atoms with Crippen LogP contribution in [0.1, 0.15) is 19.4 Å². The lowest BCUT2D eigenvalue weighted by Crippen LogP contribution is -2.14. The van der Waals surface area contributed by atoms with E-state index in [9.17, 15) is 5.11 Å². The van der Waals surface area contributed by atoms with Gasteiger partial charge in [0.1, 0.15) is 0 Å². The molecule has 0 spiro atoms. The van der Waals surface area contributed by atoms with E-state index in [1.54, 1.807) is 26.0 Å². The molecule has 0 aliphatic heterocycles. The van der Waals surface area contributed by atoms with Gasteiger partial charge in [-0.25, -0.2) is 0 Å². The zero-order valence-corrected chi connectivity index (χ0v) is 9.87. The zero-order chi connectivity index (χ0) is 12.3. The second kappa shape index (κ2) is 4.31. The van der Waals surface area contributed by atoms with Crippen LogP contribution in [0, 0.1) is 11.3 Å². The Hall–Kier alpha value is -1.89. The number of nitrogens with zero attached hydrogens (tertiary/aromatic N) is 1. The van der Waals surface area contributed by atoms with E-state index in [-0.39, 0.29) is 5.75 Å². The van der Waals surface area contributed by atoms with Crippen molar-refractivity contribution in [3.05, 3.63) is 17.7 Å². The van der Waals surface area contributed by atoms with Crippen molar-refractivity contribution in [3.63, 3.8) is 0 Å². The molecular weight excluding hydrogens is 206 g/mol. The van der Waals surface area contributed by atoms with Gasteiger partial charge in [-0.3, -0.25) is 0 Å². The van der Waals surface area contributed by atoms with Gasteiger partial charge in [-0.2, -0.15) is 5.26 Å². The highest BCUT2D eigenvalue weighted by molar-refractivity contribution is 5.55. The van der Waals surface area contributed by atoms with Crippen molar-refractivity contribution in [3.8, 4) is 23.3 Å². The second-order valence-electron chi connectivity index (χ2n) is 3.97. The molecule has 4 nitrogen and oxygen atoms in total. The third kappa shape index (κ3) is 2.03. The minimum atomic E-state index is -0.658. The van der Waals surface area contributed by atoms with Gasteiger partial charge in [0.05, 0.1) is 25.7 Å². The molecule has 1 aromatic rings. The minimum absolute atomic E-state index is 0.0533. The van der Waals surface area contributed by atoms with Crippen LogP contribution in [-0.2, 0) is 5.41 Å². The first-order valence-electron chi connectivity index (χ1n) is 4.83. The van der Waals surface area contributed by atoms with Gasteiger partial charge < -0.3 is 14.6 Å². The molecule has 0 fully saturated rings. The number of nitriles is 1. The van der Waals surface area contributed by atoms with Gasteiger partial charge >= 0.3 is 0 Å². The summed E-state index contributed by atoms with van der Waals surface area (Å²) in [7, 11) is 2.91. The maximum Gasteiger partial charge on any atom is 0.200 e. The van der Waals surface area contributed by atoms with E-state index in [4.69, 9.17) is 14.7 Å². The first-order valence-corrected chi connectivity index (χ1v) is 4.83. The first-order chi connectivity index (χ1) is 7.46. The Morgan fingerprint density at radius 2 is 1.62 bits per heavy atom. The molecule has 0 radical (unpaired) electrons. The normalized spacial score (nSPS) is 10.7. The fourth-order valence-electron chi connectivity index (χ4n) is 1.32. The van der Waals surface area contributed by atoms with Crippen molar-refractivity contribution in [2.24, 2.45) is 0 Å². The van der Waals surface area contributed by atoms with Crippen molar-refractivity contribution in [2.45, 2.75) is 19.3 Å². The Morgan fingerprint density at radius 1 is 1.19 bits per heavy atom. The Kier molecular flexibility index (Phi) is 3.28. The summed E-state index contributed by atoms with van der Waals surface area (Å²) in [6.07, 6.45) is 0. The van der Waals surface area contributed by atoms with Crippen LogP contribution in [0.3, 0.4) is 0 Å². The summed E-state index contributed by atoms with van der Waals surface area (Å²) >= 11 is 0. The van der Waals surface area contributed by atoms with E-state index in [1.807, 2.05) is 0 Å². The summed E-state index contributed by atoms with van der Waals surface area (Å²) in [5.41, 5.74) is 0.0790. The molecule has 1 rings (SSSR count). The zero-order valence-electron chi connectivity index (χ0n) is 9.87. The molecule has 0 amide bonds. The van der Waals surface area contributed by atoms with Crippen LogP contribution in [-0.4, -0.2) is 19.3 Å². The van der Waals surface area contributed by atoms with Crippen LogP contribution in [0.5, 0.6) is 17.2 Å². The largest absolute Gasteiger partial charge is 0.502 e. The van der Waals surface area contributed by atoms with E-state index >= 15 is 0 Å². The van der Waals surface area contributed by atoms with Gasteiger partial charge in [0.25, 0.3) is 0 Å². The number of rotatable bonds is 3. The van der Waals surface area contributed by atoms with Gasteiger partial charge in [-0.05, 0) is 31.5 Å². The van der Waals surface area contributed by atoms with Crippen molar-refractivity contribution >= 4 is 0 Å². The molecule has 0 saturated heterocycles. The molecule has 0 atom stereocenters. The molecule has 0 aliphatic rings. The number of hydrogen-bond donors (Lipinski definition) is 1. The first kappa shape index (κ1) is 12.2. The highest BCUT2D eigenvalue weighted by Crippen LogP contribution is 2.40. The van der Waals surface area contributed by atoms with Crippen LogP contribution in [0.25, 0.3) is 0 Å². The third-order valence-corrected chi connectivity index (χ3v) is 2.48. The molecule has 16 heavy (non-hydrogen) atoms. The number of ether oxygens (including phenoxy) is 2. The average molecular weight is 221 g/mol. The highest BCUT2D eigenvalue weighted by Gasteiger charge is 2.23. The monoisotopic (exact) mass is 221 g/mol. The Labute approximate surface area is 95.0 Å². The van der Waals surface area contributed by atoms with Crippen molar-refractivity contribution < 1.29 is 14.6 Å². The molecule has 0 unspecified atom stereocenters. The number of hydrogen-bond acceptors (Lipinski definition) is 4. The van der Waals surface area contributed by atoms with Crippen LogP contribution in [0.15, 0.2) is 12.1 Å². The fourth-order valence-corrected chi connectivity index (χ4v) is 1.32. The van der Waals surface area contributed by atoms with Crippen LogP contribution < -0.4 is 9.47 Å². The molecule has 0 bridgehead atoms. The van der Waals surface area contributed by atoms with E-state index in [1.165, 1.54) is 14.2 Å². The number of phenols is 1. The SMILES string of the molecule is COc1cc(C(C)(C)C#N)cc(OC)c1O. The predicted octanol–water partition coefficient (Wildman–Crippen LogP) is 2.21. The number of benzene rings is 1. The summed E-state index contributed by atoms with van der Waals surface area (Å²) in [6, 6.07) is 5.47. The Balaban J connectivity index is 3.40. The maximum atomic E-state index is 9.72. The smallest absolute Gasteiger partial charge is 0.200 e. The minimum Gasteiger partial charge on any atom is -0.502 e. The maximum absolute atomic E-state index is 9.72. The molecule has 0 aliphatic carbocycles.